The van der Waals surface area contributed by atoms with Gasteiger partial charge in [0, 0.05) is 27.8 Å². The van der Waals surface area contributed by atoms with Crippen LogP contribution in [0.2, 0.25) is 0 Å². The molecule has 1 aromatic rings. The van der Waals surface area contributed by atoms with Crippen LogP contribution in [0.4, 0.5) is 0 Å². The van der Waals surface area contributed by atoms with Gasteiger partial charge in [-0.25, -0.2) is 0 Å². The van der Waals surface area contributed by atoms with Crippen LogP contribution in [0.25, 0.3) is 0 Å². The molecule has 0 saturated carbocycles. The lowest BCUT2D eigenvalue weighted by Crippen LogP contribution is -2.59. The van der Waals surface area contributed by atoms with Crippen molar-refractivity contribution in [3.05, 3.63) is 35.9 Å². The Labute approximate surface area is 300 Å². The molecule has 0 bridgehead atoms. The molecule has 50 heavy (non-hydrogen) atoms. The van der Waals surface area contributed by atoms with Crippen molar-refractivity contribution in [2.45, 2.75) is 123 Å². The lowest BCUT2D eigenvalue weighted by molar-refractivity contribution is -0.147. The average molecular weight is 704 g/mol. The third-order valence-electron chi connectivity index (χ3n) is 10.2. The summed E-state index contributed by atoms with van der Waals surface area (Å²) in [4.78, 5) is 58.0. The first-order chi connectivity index (χ1) is 23.5. The quantitative estimate of drug-likeness (QED) is 0.172. The fourth-order valence-corrected chi connectivity index (χ4v) is 7.31. The number of carbonyl (C=O) groups is 4. The van der Waals surface area contributed by atoms with Gasteiger partial charge in [0.2, 0.25) is 23.6 Å². The molecule has 0 radical (unpaired) electrons. The molecule has 4 N–H and O–H groups in total. The van der Waals surface area contributed by atoms with Crippen LogP contribution in [0, 0.1) is 23.7 Å². The van der Waals surface area contributed by atoms with E-state index in [1.807, 2.05) is 71.9 Å². The molecule has 0 aromatic heterocycles. The van der Waals surface area contributed by atoms with E-state index < -0.39 is 48.4 Å². The van der Waals surface area contributed by atoms with E-state index in [0.29, 0.717) is 18.5 Å². The van der Waals surface area contributed by atoms with Gasteiger partial charge >= 0.3 is 0 Å². The van der Waals surface area contributed by atoms with E-state index >= 15 is 0 Å². The molecule has 1 saturated heterocycles. The van der Waals surface area contributed by atoms with Crippen LogP contribution >= 0.6 is 0 Å². The van der Waals surface area contributed by atoms with Gasteiger partial charge in [0.25, 0.3) is 0 Å². The van der Waals surface area contributed by atoms with Gasteiger partial charge in [-0.3, -0.25) is 19.2 Å². The molecule has 12 heteroatoms. The highest BCUT2D eigenvalue weighted by molar-refractivity contribution is 5.90. The average Bonchev–Trinajstić information content (AvgIpc) is 3.56. The van der Waals surface area contributed by atoms with Gasteiger partial charge in [0.15, 0.2) is 0 Å². The third kappa shape index (κ3) is 11.0. The summed E-state index contributed by atoms with van der Waals surface area (Å²) in [7, 11) is 6.53. The minimum Gasteiger partial charge on any atom is -0.386 e. The van der Waals surface area contributed by atoms with E-state index in [1.165, 1.54) is 0 Å². The zero-order chi connectivity index (χ0) is 37.9. The number of nitrogens with zero attached hydrogens (tertiary/aromatic N) is 2. The summed E-state index contributed by atoms with van der Waals surface area (Å²) in [6.45, 7) is 15.7. The molecule has 1 aliphatic heterocycles. The van der Waals surface area contributed by atoms with E-state index in [-0.39, 0.29) is 53.8 Å². The van der Waals surface area contributed by atoms with Crippen LogP contribution in [-0.2, 0) is 28.7 Å². The summed E-state index contributed by atoms with van der Waals surface area (Å²) in [5.74, 6) is -1.70. The molecule has 4 amide bonds. The fraction of sp³-hybridized carbons (Fsp3) is 0.737. The zero-order valence-corrected chi connectivity index (χ0v) is 32.4. The molecule has 0 spiro atoms. The van der Waals surface area contributed by atoms with Crippen molar-refractivity contribution in [3.63, 3.8) is 0 Å². The Morgan fingerprint density at radius 1 is 0.880 bits per heavy atom. The summed E-state index contributed by atoms with van der Waals surface area (Å²) in [6, 6.07) is 6.65. The van der Waals surface area contributed by atoms with Crippen LogP contribution in [0.5, 0.6) is 0 Å². The van der Waals surface area contributed by atoms with Gasteiger partial charge < -0.3 is 40.3 Å². The highest BCUT2D eigenvalue weighted by Gasteiger charge is 2.43. The highest BCUT2D eigenvalue weighted by Crippen LogP contribution is 2.29. The molecule has 12 nitrogen and oxygen atoms in total. The van der Waals surface area contributed by atoms with Crippen LogP contribution in [-0.4, -0.2) is 116 Å². The molecule has 1 aliphatic rings. The van der Waals surface area contributed by atoms with Crippen LogP contribution in [0.3, 0.4) is 0 Å². The number of aliphatic hydroxyl groups excluding tert-OH is 1. The first-order valence-corrected chi connectivity index (χ1v) is 18.1. The lowest BCUT2D eigenvalue weighted by atomic mass is 9.91. The third-order valence-corrected chi connectivity index (χ3v) is 10.2. The summed E-state index contributed by atoms with van der Waals surface area (Å²) in [6.07, 6.45) is -0.607. The Kier molecular flexibility index (Phi) is 17.3. The van der Waals surface area contributed by atoms with Gasteiger partial charge in [0.1, 0.15) is 6.04 Å². The van der Waals surface area contributed by atoms with E-state index in [1.54, 1.807) is 52.0 Å². The highest BCUT2D eigenvalue weighted by atomic mass is 16.5. The molecular formula is C38H65N5O7. The molecule has 2 rings (SSSR count). The fourth-order valence-electron chi connectivity index (χ4n) is 7.31. The van der Waals surface area contributed by atoms with Gasteiger partial charge in [-0.1, -0.05) is 78.8 Å². The normalized spacial score (nSPS) is 19.8. The monoisotopic (exact) mass is 703 g/mol. The van der Waals surface area contributed by atoms with Crippen molar-refractivity contribution < 1.29 is 33.8 Å². The minimum absolute atomic E-state index is 0.0265. The first kappa shape index (κ1) is 43.1. The predicted octanol–water partition coefficient (Wildman–Crippen LogP) is 3.14. The number of carbonyl (C=O) groups excluding carboxylic acids is 4. The molecule has 284 valence electrons. The topological polar surface area (TPSA) is 150 Å². The Balaban J connectivity index is 2.20. The molecule has 1 heterocycles. The standard InChI is InChI=1S/C38H65N5O7/c1-22(2)31(39-9)37(47)41-32(23(3)4)38(48)42(10)33(24(5)6)29(49-11)21-30(44)43-20-16-19-28(43)35(50-12)25(7)36(46)40-26(8)34(45)27-17-14-13-15-18-27/h13-15,17-18,22-26,28-29,31-35,39,45H,16,19-21H2,1-12H3,(H,40,46)(H,41,47)/t25-,26-,28+,29-,31+,32?,33+,34-,35-/m1/s1. The van der Waals surface area contributed by atoms with Crippen molar-refractivity contribution in [3.8, 4) is 0 Å². The second-order valence-corrected chi connectivity index (χ2v) is 14.8. The Morgan fingerprint density at radius 2 is 1.48 bits per heavy atom. The number of nitrogens with one attached hydrogen (secondary N) is 3. The maximum absolute atomic E-state index is 14.0. The summed E-state index contributed by atoms with van der Waals surface area (Å²) in [5.41, 5.74) is 0.710. The first-order valence-electron chi connectivity index (χ1n) is 18.1. The Morgan fingerprint density at radius 3 is 1.98 bits per heavy atom. The van der Waals surface area contributed by atoms with Crippen molar-refractivity contribution >= 4 is 23.6 Å². The number of aliphatic hydroxyl groups is 1. The van der Waals surface area contributed by atoms with Crippen molar-refractivity contribution in [1.82, 2.24) is 25.8 Å². The second-order valence-electron chi connectivity index (χ2n) is 14.8. The molecule has 9 atom stereocenters. The lowest BCUT2D eigenvalue weighted by Gasteiger charge is -2.40. The van der Waals surface area contributed by atoms with Gasteiger partial charge in [-0.2, -0.15) is 0 Å². The van der Waals surface area contributed by atoms with Crippen molar-refractivity contribution in [2.24, 2.45) is 23.7 Å². The number of likely N-dealkylation sites (tertiary alicyclic amines) is 1. The summed E-state index contributed by atoms with van der Waals surface area (Å²) in [5, 5.41) is 19.7. The molecule has 1 fully saturated rings. The molecule has 1 aromatic carbocycles. The molecule has 1 unspecified atom stereocenters. The van der Waals surface area contributed by atoms with Gasteiger partial charge in [-0.15, -0.1) is 0 Å². The van der Waals surface area contributed by atoms with Crippen LogP contribution < -0.4 is 16.0 Å². The number of amides is 4. The maximum Gasteiger partial charge on any atom is 0.245 e. The van der Waals surface area contributed by atoms with Crippen molar-refractivity contribution in [2.75, 3.05) is 34.9 Å². The summed E-state index contributed by atoms with van der Waals surface area (Å²) >= 11 is 0. The smallest absolute Gasteiger partial charge is 0.245 e. The second kappa shape index (κ2) is 20.1. The number of likely N-dealkylation sites (N-methyl/N-ethyl adjacent to an activating group) is 2. The zero-order valence-electron chi connectivity index (χ0n) is 32.4. The molecular weight excluding hydrogens is 638 g/mol. The van der Waals surface area contributed by atoms with E-state index in [9.17, 15) is 24.3 Å². The van der Waals surface area contributed by atoms with E-state index in [0.717, 1.165) is 6.42 Å². The van der Waals surface area contributed by atoms with Crippen LogP contribution in [0.15, 0.2) is 30.3 Å². The number of rotatable bonds is 19. The van der Waals surface area contributed by atoms with Crippen molar-refractivity contribution in [1.29, 1.82) is 0 Å². The predicted molar refractivity (Wildman–Crippen MR) is 195 cm³/mol. The van der Waals surface area contributed by atoms with Crippen LogP contribution in [0.1, 0.15) is 86.3 Å². The number of ether oxygens (including phenoxy) is 2. The van der Waals surface area contributed by atoms with Gasteiger partial charge in [0.05, 0.1) is 54.8 Å². The number of methoxy groups -OCH3 is 2. The number of hydrogen-bond acceptors (Lipinski definition) is 8. The minimum atomic E-state index is -0.875. The molecule has 0 aliphatic carbocycles. The summed E-state index contributed by atoms with van der Waals surface area (Å²) < 4.78 is 11.8. The van der Waals surface area contributed by atoms with E-state index in [4.69, 9.17) is 9.47 Å². The number of benzene rings is 1. The Bertz CT molecular complexity index is 1230. The Hall–Kier alpha value is -3.06. The largest absolute Gasteiger partial charge is 0.386 e. The number of hydrogen-bond donors (Lipinski definition) is 4. The van der Waals surface area contributed by atoms with E-state index in [2.05, 4.69) is 16.0 Å². The van der Waals surface area contributed by atoms with Gasteiger partial charge in [-0.05, 0) is 50.1 Å². The SMILES string of the molecule is CN[C@H](C(=O)NC(C(=O)N(C)[C@@H](C(C)C)[C@@H](CC(=O)N1CCC[C@H]1[C@H](OC)[C@@H](C)C(=O)N[C@H](C)[C@@H](O)c1ccccc1)OC)C(C)C)C(C)C. The maximum atomic E-state index is 14.0.